The van der Waals surface area contributed by atoms with Gasteiger partial charge in [0.15, 0.2) is 0 Å². The van der Waals surface area contributed by atoms with Crippen LogP contribution in [0, 0.1) is 6.92 Å². The van der Waals surface area contributed by atoms with Gasteiger partial charge in [0.25, 0.3) is 0 Å². The van der Waals surface area contributed by atoms with Crippen molar-refractivity contribution >= 4 is 50.2 Å². The van der Waals surface area contributed by atoms with Crippen molar-refractivity contribution < 1.29 is 19.1 Å². The quantitative estimate of drug-likeness (QED) is 0.260. The molecule has 0 bridgehead atoms. The molecule has 0 saturated heterocycles. The van der Waals surface area contributed by atoms with Crippen LogP contribution in [0.4, 0.5) is 16.2 Å². The summed E-state index contributed by atoms with van der Waals surface area (Å²) in [5.74, 6) is 0.642. The lowest BCUT2D eigenvalue weighted by atomic mass is 10.1. The van der Waals surface area contributed by atoms with E-state index >= 15 is 0 Å². The fourth-order valence-corrected chi connectivity index (χ4v) is 4.02. The number of carbonyl (C=O) groups excluding carboxylic acids is 2. The van der Waals surface area contributed by atoms with Crippen LogP contribution in [0.2, 0.25) is 0 Å². The first-order chi connectivity index (χ1) is 17.1. The third-order valence-corrected chi connectivity index (χ3v) is 5.72. The Morgan fingerprint density at radius 2 is 1.67 bits per heavy atom. The van der Waals surface area contributed by atoms with Gasteiger partial charge in [-0.15, -0.1) is 0 Å². The first-order valence-electron chi connectivity index (χ1n) is 12.0. The topological polar surface area (TPSA) is 102 Å². The van der Waals surface area contributed by atoms with E-state index in [0.717, 1.165) is 52.5 Å². The highest BCUT2D eigenvalue weighted by molar-refractivity contribution is 9.10. The first-order valence-corrected chi connectivity index (χ1v) is 12.8. The van der Waals surface area contributed by atoms with Crippen molar-refractivity contribution in [3.05, 3.63) is 52.9 Å². The molecule has 0 aliphatic rings. The highest BCUT2D eigenvalue weighted by atomic mass is 79.9. The molecular weight excluding hydrogens is 524 g/mol. The molecule has 0 aliphatic carbocycles. The standard InChI is InChI=1S/C27H33BrN4O4/c1-18-20-15-19(28)16-23(25(20)30-17-29-18)35-14-10-6-5-7-13-24(33)31-21-11-8-9-12-22(21)32-26(34)36-27(2,3)4/h8-9,11-12,15-17H,5-7,10,13-14H2,1-4H3,(H,31,33)(H,32,34). The number of hydrogen-bond donors (Lipinski definition) is 2. The minimum absolute atomic E-state index is 0.0969. The molecule has 3 rings (SSSR count). The van der Waals surface area contributed by atoms with Crippen molar-refractivity contribution in [2.75, 3.05) is 17.2 Å². The Labute approximate surface area is 220 Å². The monoisotopic (exact) mass is 556 g/mol. The Morgan fingerprint density at radius 1 is 0.972 bits per heavy atom. The van der Waals surface area contributed by atoms with Crippen LogP contribution < -0.4 is 15.4 Å². The van der Waals surface area contributed by atoms with Crippen molar-refractivity contribution in [3.63, 3.8) is 0 Å². The zero-order valence-corrected chi connectivity index (χ0v) is 22.8. The van der Waals surface area contributed by atoms with Crippen molar-refractivity contribution in [1.82, 2.24) is 9.97 Å². The van der Waals surface area contributed by atoms with Crippen LogP contribution in [0.25, 0.3) is 10.9 Å². The summed E-state index contributed by atoms with van der Waals surface area (Å²) in [5.41, 5.74) is 2.16. The number of hydrogen-bond acceptors (Lipinski definition) is 6. The second-order valence-electron chi connectivity index (χ2n) is 9.49. The molecule has 0 atom stereocenters. The summed E-state index contributed by atoms with van der Waals surface area (Å²) in [6.07, 6.45) is 4.88. The van der Waals surface area contributed by atoms with Gasteiger partial charge in [0.1, 0.15) is 23.2 Å². The van der Waals surface area contributed by atoms with Gasteiger partial charge in [-0.25, -0.2) is 14.8 Å². The Kier molecular flexibility index (Phi) is 9.64. The highest BCUT2D eigenvalue weighted by Crippen LogP contribution is 2.30. The molecule has 2 amide bonds. The lowest BCUT2D eigenvalue weighted by Crippen LogP contribution is -2.27. The summed E-state index contributed by atoms with van der Waals surface area (Å²) in [4.78, 5) is 33.1. The Bertz CT molecular complexity index is 1210. The molecule has 0 aliphatic heterocycles. The number of benzene rings is 2. The summed E-state index contributed by atoms with van der Waals surface area (Å²) in [7, 11) is 0. The van der Waals surface area contributed by atoms with Gasteiger partial charge >= 0.3 is 6.09 Å². The number of nitrogens with one attached hydrogen (secondary N) is 2. The van der Waals surface area contributed by atoms with Gasteiger partial charge in [0.2, 0.25) is 5.91 Å². The van der Waals surface area contributed by atoms with Crippen LogP contribution >= 0.6 is 15.9 Å². The van der Waals surface area contributed by atoms with E-state index in [1.165, 1.54) is 0 Å². The molecule has 0 unspecified atom stereocenters. The smallest absolute Gasteiger partial charge is 0.412 e. The van der Waals surface area contributed by atoms with Gasteiger partial charge < -0.3 is 14.8 Å². The number of anilines is 2. The van der Waals surface area contributed by atoms with Crippen LogP contribution in [-0.2, 0) is 9.53 Å². The van der Waals surface area contributed by atoms with E-state index in [9.17, 15) is 9.59 Å². The second-order valence-corrected chi connectivity index (χ2v) is 10.4. The summed E-state index contributed by atoms with van der Waals surface area (Å²) in [6, 6.07) is 11.0. The minimum atomic E-state index is -0.605. The van der Waals surface area contributed by atoms with Crippen LogP contribution in [0.1, 0.15) is 58.6 Å². The van der Waals surface area contributed by atoms with Crippen LogP contribution in [-0.4, -0.2) is 34.2 Å². The van der Waals surface area contributed by atoms with E-state index in [1.807, 2.05) is 19.1 Å². The first kappa shape index (κ1) is 27.4. The van der Waals surface area contributed by atoms with Crippen molar-refractivity contribution in [3.8, 4) is 5.75 Å². The zero-order chi connectivity index (χ0) is 26.1. The number of aryl methyl sites for hydroxylation is 1. The third kappa shape index (κ3) is 8.48. The fourth-order valence-electron chi connectivity index (χ4n) is 3.59. The predicted octanol–water partition coefficient (Wildman–Crippen LogP) is 7.02. The molecule has 2 N–H and O–H groups in total. The summed E-state index contributed by atoms with van der Waals surface area (Å²) in [5, 5.41) is 6.54. The molecule has 0 spiro atoms. The molecule has 1 aromatic heterocycles. The highest BCUT2D eigenvalue weighted by Gasteiger charge is 2.17. The van der Waals surface area contributed by atoms with Crippen molar-refractivity contribution in [1.29, 1.82) is 0 Å². The van der Waals surface area contributed by atoms with E-state index in [1.54, 1.807) is 51.4 Å². The molecule has 192 valence electrons. The minimum Gasteiger partial charge on any atom is -0.491 e. The third-order valence-electron chi connectivity index (χ3n) is 5.26. The maximum Gasteiger partial charge on any atom is 0.412 e. The molecule has 9 heteroatoms. The van der Waals surface area contributed by atoms with Gasteiger partial charge in [0.05, 0.1) is 18.0 Å². The molecule has 0 radical (unpaired) electrons. The van der Waals surface area contributed by atoms with E-state index in [4.69, 9.17) is 9.47 Å². The van der Waals surface area contributed by atoms with Crippen LogP contribution in [0.15, 0.2) is 47.2 Å². The molecule has 36 heavy (non-hydrogen) atoms. The largest absolute Gasteiger partial charge is 0.491 e. The number of fused-ring (bicyclic) bond motifs is 1. The Morgan fingerprint density at radius 3 is 2.39 bits per heavy atom. The normalized spacial score (nSPS) is 11.2. The number of carbonyl (C=O) groups is 2. The van der Waals surface area contributed by atoms with Crippen molar-refractivity contribution in [2.45, 2.75) is 65.4 Å². The molecule has 0 fully saturated rings. The maximum atomic E-state index is 12.4. The number of unbranched alkanes of at least 4 members (excludes halogenated alkanes) is 3. The fraction of sp³-hybridized carbons (Fsp3) is 0.407. The summed E-state index contributed by atoms with van der Waals surface area (Å²) in [6.45, 7) is 7.91. The molecule has 2 aromatic carbocycles. The van der Waals surface area contributed by atoms with E-state index in [-0.39, 0.29) is 5.91 Å². The summed E-state index contributed by atoms with van der Waals surface area (Å²) < 4.78 is 12.2. The lowest BCUT2D eigenvalue weighted by molar-refractivity contribution is -0.116. The number of halogens is 1. The number of para-hydroxylation sites is 2. The van der Waals surface area contributed by atoms with Gasteiger partial charge in [-0.05, 0) is 64.8 Å². The van der Waals surface area contributed by atoms with Gasteiger partial charge in [-0.2, -0.15) is 0 Å². The molecule has 0 saturated carbocycles. The number of amides is 2. The van der Waals surface area contributed by atoms with Gasteiger partial charge in [-0.3, -0.25) is 10.1 Å². The molecular formula is C27H33BrN4O4. The van der Waals surface area contributed by atoms with E-state index in [0.29, 0.717) is 24.4 Å². The maximum absolute atomic E-state index is 12.4. The number of ether oxygens (including phenoxy) is 2. The number of rotatable bonds is 10. The molecule has 8 nitrogen and oxygen atoms in total. The number of aromatic nitrogens is 2. The van der Waals surface area contributed by atoms with Gasteiger partial charge in [-0.1, -0.05) is 40.9 Å². The number of nitrogens with zero attached hydrogens (tertiary/aromatic N) is 2. The second kappa shape index (κ2) is 12.7. The zero-order valence-electron chi connectivity index (χ0n) is 21.2. The Balaban J connectivity index is 1.39. The predicted molar refractivity (Wildman–Crippen MR) is 145 cm³/mol. The molecule has 3 aromatic rings. The van der Waals surface area contributed by atoms with E-state index in [2.05, 4.69) is 36.5 Å². The Hall–Kier alpha value is -3.20. The van der Waals surface area contributed by atoms with Crippen molar-refractivity contribution in [2.24, 2.45) is 0 Å². The SMILES string of the molecule is Cc1ncnc2c(OCCCCCCC(=O)Nc3ccccc3NC(=O)OC(C)(C)C)cc(Br)cc12. The van der Waals surface area contributed by atoms with Crippen LogP contribution in [0.5, 0.6) is 5.75 Å². The lowest BCUT2D eigenvalue weighted by Gasteiger charge is -2.20. The average molecular weight is 557 g/mol. The van der Waals surface area contributed by atoms with E-state index < -0.39 is 11.7 Å². The van der Waals surface area contributed by atoms with Gasteiger partial charge in [0, 0.05) is 22.0 Å². The average Bonchev–Trinajstić information content (AvgIpc) is 2.79. The summed E-state index contributed by atoms with van der Waals surface area (Å²) >= 11 is 3.52. The molecule has 1 heterocycles. The van der Waals surface area contributed by atoms with Crippen LogP contribution in [0.3, 0.4) is 0 Å².